The molecule has 0 aliphatic heterocycles. The fourth-order valence-electron chi connectivity index (χ4n) is 5.44. The topological polar surface area (TPSA) is 108 Å². The molecule has 2 atom stereocenters. The lowest BCUT2D eigenvalue weighted by Gasteiger charge is -2.43. The fourth-order valence-corrected chi connectivity index (χ4v) is 5.44. The minimum absolute atomic E-state index is 0.102. The Hall–Kier alpha value is -4.62. The van der Waals surface area contributed by atoms with Crippen molar-refractivity contribution in [3.63, 3.8) is 0 Å². The van der Waals surface area contributed by atoms with Crippen LogP contribution in [0.5, 0.6) is 5.75 Å². The molecule has 4 aromatic rings. The lowest BCUT2D eigenvalue weighted by atomic mass is 9.60. The van der Waals surface area contributed by atoms with Crippen molar-refractivity contribution in [1.82, 2.24) is 25.5 Å². The van der Waals surface area contributed by atoms with Gasteiger partial charge < -0.3 is 15.8 Å². The van der Waals surface area contributed by atoms with Gasteiger partial charge in [0.2, 0.25) is 0 Å². The zero-order valence-corrected chi connectivity index (χ0v) is 23.6. The Labute approximate surface area is 249 Å². The monoisotopic (exact) mass is 620 g/mol. The SMILES string of the molecule is Cn1nnc(C[C@@H](CCCNC(N)=O)C(Cc2ccccc2)(c2ccc(F)cc2)c2cc(F)cc(OC(F)(F)C(F)F)c2)n1. The normalized spacial score (nSPS) is 13.8. The summed E-state index contributed by atoms with van der Waals surface area (Å²) in [6, 6.07) is 16.4. The summed E-state index contributed by atoms with van der Waals surface area (Å²) in [7, 11) is 1.57. The van der Waals surface area contributed by atoms with Crippen molar-refractivity contribution in [3.8, 4) is 5.75 Å². The second kappa shape index (κ2) is 13.8. The van der Waals surface area contributed by atoms with Gasteiger partial charge in [0, 0.05) is 24.4 Å². The number of nitrogens with two attached hydrogens (primary N) is 1. The molecular formula is C30H30F6N6O2. The average Bonchev–Trinajstić information content (AvgIpc) is 3.38. The number of urea groups is 1. The molecule has 0 saturated carbocycles. The minimum atomic E-state index is -4.90. The molecule has 3 N–H and O–H groups in total. The molecule has 0 aliphatic rings. The van der Waals surface area contributed by atoms with E-state index >= 15 is 4.39 Å². The Balaban J connectivity index is 1.98. The van der Waals surface area contributed by atoms with Crippen LogP contribution in [0.1, 0.15) is 35.4 Å². The van der Waals surface area contributed by atoms with Crippen LogP contribution in [0.2, 0.25) is 0 Å². The van der Waals surface area contributed by atoms with Gasteiger partial charge in [-0.1, -0.05) is 42.5 Å². The average molecular weight is 621 g/mol. The molecule has 234 valence electrons. The van der Waals surface area contributed by atoms with Gasteiger partial charge in [-0.3, -0.25) is 0 Å². The zero-order chi connectivity index (χ0) is 31.9. The number of ether oxygens (including phenoxy) is 1. The van der Waals surface area contributed by atoms with Crippen molar-refractivity contribution >= 4 is 6.03 Å². The largest absolute Gasteiger partial charge is 0.461 e. The van der Waals surface area contributed by atoms with E-state index in [4.69, 9.17) is 5.73 Å². The van der Waals surface area contributed by atoms with E-state index in [1.165, 1.54) is 29.1 Å². The Morgan fingerprint density at radius 2 is 1.70 bits per heavy atom. The number of aromatic nitrogens is 4. The zero-order valence-electron chi connectivity index (χ0n) is 23.6. The van der Waals surface area contributed by atoms with Gasteiger partial charge in [0.15, 0.2) is 5.82 Å². The number of halogens is 6. The number of carbonyl (C=O) groups excluding carboxylic acids is 1. The van der Waals surface area contributed by atoms with Gasteiger partial charge in [0.1, 0.15) is 17.4 Å². The quantitative estimate of drug-likeness (QED) is 0.142. The molecule has 0 bridgehead atoms. The van der Waals surface area contributed by atoms with Crippen molar-refractivity contribution in [2.45, 2.75) is 43.6 Å². The first-order valence-electron chi connectivity index (χ1n) is 13.6. The van der Waals surface area contributed by atoms with Crippen LogP contribution in [0.4, 0.5) is 31.1 Å². The number of benzene rings is 3. The van der Waals surface area contributed by atoms with E-state index in [2.05, 4.69) is 25.5 Å². The predicted octanol–water partition coefficient (Wildman–Crippen LogP) is 5.56. The molecule has 3 aromatic carbocycles. The molecule has 0 aliphatic carbocycles. The number of alkyl halides is 4. The van der Waals surface area contributed by atoms with Gasteiger partial charge in [0.25, 0.3) is 0 Å². The molecule has 0 spiro atoms. The summed E-state index contributed by atoms with van der Waals surface area (Å²) < 4.78 is 88.0. The number of nitrogens with one attached hydrogen (secondary N) is 1. The van der Waals surface area contributed by atoms with Crippen molar-refractivity contribution in [2.24, 2.45) is 18.7 Å². The number of amides is 2. The number of hydrogen-bond donors (Lipinski definition) is 2. The summed E-state index contributed by atoms with van der Waals surface area (Å²) in [6.45, 7) is 0.169. The first kappa shape index (κ1) is 32.3. The van der Waals surface area contributed by atoms with Gasteiger partial charge >= 0.3 is 18.6 Å². The standard InChI is InChI=1S/C30H30F6N6O2/c1-42-40-26(39-41-42)16-21(8-5-13-38-28(37)43)29(18-19-6-3-2-4-7-19,20-9-11-23(31)12-10-20)22-14-24(32)17-25(15-22)44-30(35,36)27(33)34/h2-4,6-7,9-12,14-15,17,21,27H,5,8,13,16,18H2,1H3,(H3,37,38,43)/t21-,29?/m1/s1. The number of carbonyl (C=O) groups is 1. The van der Waals surface area contributed by atoms with Crippen molar-refractivity contribution in [1.29, 1.82) is 0 Å². The van der Waals surface area contributed by atoms with Crippen LogP contribution >= 0.6 is 0 Å². The van der Waals surface area contributed by atoms with E-state index in [0.717, 1.165) is 17.7 Å². The molecule has 0 fully saturated rings. The molecule has 44 heavy (non-hydrogen) atoms. The maximum atomic E-state index is 15.3. The second-order valence-corrected chi connectivity index (χ2v) is 10.3. The van der Waals surface area contributed by atoms with Crippen molar-refractivity contribution in [2.75, 3.05) is 6.54 Å². The first-order chi connectivity index (χ1) is 20.9. The van der Waals surface area contributed by atoms with Crippen LogP contribution in [0, 0.1) is 17.6 Å². The maximum absolute atomic E-state index is 15.3. The number of nitrogens with zero attached hydrogens (tertiary/aromatic N) is 4. The lowest BCUT2D eigenvalue weighted by Crippen LogP contribution is -2.41. The summed E-state index contributed by atoms with van der Waals surface area (Å²) in [5.74, 6) is -2.68. The van der Waals surface area contributed by atoms with Gasteiger partial charge in [-0.05, 0) is 71.3 Å². The second-order valence-electron chi connectivity index (χ2n) is 10.3. The molecule has 14 heteroatoms. The van der Waals surface area contributed by atoms with Gasteiger partial charge in [-0.15, -0.1) is 10.2 Å². The van der Waals surface area contributed by atoms with E-state index < -0.39 is 47.3 Å². The molecule has 4 rings (SSSR count). The maximum Gasteiger partial charge on any atom is 0.461 e. The number of rotatable bonds is 14. The molecule has 0 saturated heterocycles. The summed E-state index contributed by atoms with van der Waals surface area (Å²) in [5.41, 5.74) is 5.22. The van der Waals surface area contributed by atoms with Crippen molar-refractivity contribution in [3.05, 3.63) is 107 Å². The molecule has 1 heterocycles. The molecule has 0 radical (unpaired) electrons. The Morgan fingerprint density at radius 3 is 2.32 bits per heavy atom. The van der Waals surface area contributed by atoms with Crippen LogP contribution < -0.4 is 15.8 Å². The molecule has 8 nitrogen and oxygen atoms in total. The van der Waals surface area contributed by atoms with Crippen LogP contribution in [-0.4, -0.2) is 45.3 Å². The summed E-state index contributed by atoms with van der Waals surface area (Å²) >= 11 is 0. The van der Waals surface area contributed by atoms with Crippen LogP contribution in [0.25, 0.3) is 0 Å². The predicted molar refractivity (Wildman–Crippen MR) is 148 cm³/mol. The van der Waals surface area contributed by atoms with E-state index in [0.29, 0.717) is 30.3 Å². The number of hydrogen-bond acceptors (Lipinski definition) is 5. The van der Waals surface area contributed by atoms with Crippen LogP contribution in [0.15, 0.2) is 72.8 Å². The Morgan fingerprint density at radius 1 is 1.00 bits per heavy atom. The van der Waals surface area contributed by atoms with Gasteiger partial charge in [0.05, 0.1) is 7.05 Å². The summed E-state index contributed by atoms with van der Waals surface area (Å²) in [5, 5.41) is 14.8. The highest BCUT2D eigenvalue weighted by atomic mass is 19.3. The summed E-state index contributed by atoms with van der Waals surface area (Å²) in [6.07, 6.45) is -8.16. The van der Waals surface area contributed by atoms with Crippen molar-refractivity contribution < 1.29 is 35.9 Å². The number of aryl methyl sites for hydroxylation is 1. The van der Waals surface area contributed by atoms with Crippen LogP contribution in [-0.2, 0) is 25.3 Å². The molecular weight excluding hydrogens is 590 g/mol. The lowest BCUT2D eigenvalue weighted by molar-refractivity contribution is -0.253. The third-order valence-electron chi connectivity index (χ3n) is 7.28. The van der Waals surface area contributed by atoms with E-state index in [-0.39, 0.29) is 24.9 Å². The van der Waals surface area contributed by atoms with Gasteiger partial charge in [-0.25, -0.2) is 13.6 Å². The Kier molecular flexibility index (Phi) is 10.1. The first-order valence-corrected chi connectivity index (χ1v) is 13.6. The summed E-state index contributed by atoms with van der Waals surface area (Å²) in [4.78, 5) is 12.6. The Bertz CT molecular complexity index is 1540. The molecule has 1 aromatic heterocycles. The highest BCUT2D eigenvalue weighted by Crippen LogP contribution is 2.47. The van der Waals surface area contributed by atoms with Crippen LogP contribution in [0.3, 0.4) is 0 Å². The highest BCUT2D eigenvalue weighted by molar-refractivity contribution is 5.71. The third kappa shape index (κ3) is 7.85. The van der Waals surface area contributed by atoms with E-state index in [1.54, 1.807) is 25.2 Å². The van der Waals surface area contributed by atoms with E-state index in [9.17, 15) is 26.7 Å². The van der Waals surface area contributed by atoms with E-state index in [1.807, 2.05) is 12.1 Å². The molecule has 2 amide bonds. The van der Waals surface area contributed by atoms with Gasteiger partial charge in [-0.2, -0.15) is 22.4 Å². The fraction of sp³-hybridized carbons (Fsp3) is 0.333. The minimum Gasteiger partial charge on any atom is -0.428 e. The third-order valence-corrected chi connectivity index (χ3v) is 7.28. The number of tetrazole rings is 1. The number of primary amides is 1. The molecule has 1 unspecified atom stereocenters. The smallest absolute Gasteiger partial charge is 0.428 e. The highest BCUT2D eigenvalue weighted by Gasteiger charge is 2.46.